The van der Waals surface area contributed by atoms with Crippen LogP contribution >= 0.6 is 23.4 Å². The molecule has 3 rings (SSSR count). The summed E-state index contributed by atoms with van der Waals surface area (Å²) in [6.45, 7) is 4.02. The molecule has 0 radical (unpaired) electrons. The number of anilines is 1. The van der Waals surface area contributed by atoms with Crippen molar-refractivity contribution in [2.24, 2.45) is 0 Å². The predicted molar refractivity (Wildman–Crippen MR) is 102 cm³/mol. The van der Waals surface area contributed by atoms with E-state index in [2.05, 4.69) is 6.58 Å². The molecule has 0 aromatic heterocycles. The van der Waals surface area contributed by atoms with Gasteiger partial charge in [0.2, 0.25) is 0 Å². The van der Waals surface area contributed by atoms with Crippen molar-refractivity contribution in [3.63, 3.8) is 0 Å². The van der Waals surface area contributed by atoms with Gasteiger partial charge in [-0.15, -0.1) is 0 Å². The highest BCUT2D eigenvalue weighted by molar-refractivity contribution is 8.19. The van der Waals surface area contributed by atoms with Gasteiger partial charge in [0, 0.05) is 0 Å². The molecule has 126 valence electrons. The van der Waals surface area contributed by atoms with Crippen molar-refractivity contribution in [3.8, 4) is 5.75 Å². The number of carbonyl (C=O) groups excluding carboxylic acids is 2. The van der Waals surface area contributed by atoms with Gasteiger partial charge in [0.1, 0.15) is 12.4 Å². The Kier molecular flexibility index (Phi) is 5.26. The van der Waals surface area contributed by atoms with Crippen molar-refractivity contribution in [2.75, 3.05) is 11.5 Å². The van der Waals surface area contributed by atoms with E-state index in [4.69, 9.17) is 16.3 Å². The first kappa shape index (κ1) is 17.3. The van der Waals surface area contributed by atoms with Crippen molar-refractivity contribution in [1.29, 1.82) is 0 Å². The van der Waals surface area contributed by atoms with E-state index in [9.17, 15) is 9.59 Å². The van der Waals surface area contributed by atoms with Gasteiger partial charge in [-0.25, -0.2) is 4.90 Å². The Morgan fingerprint density at radius 3 is 2.52 bits per heavy atom. The number of para-hydroxylation sites is 1. The summed E-state index contributed by atoms with van der Waals surface area (Å²) in [6, 6.07) is 14.0. The van der Waals surface area contributed by atoms with Crippen LogP contribution in [-0.4, -0.2) is 17.8 Å². The normalized spacial score (nSPS) is 15.7. The van der Waals surface area contributed by atoms with Crippen LogP contribution in [0.3, 0.4) is 0 Å². The fourth-order valence-electron chi connectivity index (χ4n) is 2.28. The molecule has 2 aromatic rings. The van der Waals surface area contributed by atoms with Crippen LogP contribution in [0.25, 0.3) is 6.08 Å². The fourth-order valence-corrected chi connectivity index (χ4v) is 3.33. The molecule has 0 aliphatic carbocycles. The molecule has 0 N–H and O–H groups in total. The van der Waals surface area contributed by atoms with Gasteiger partial charge in [0.05, 0.1) is 15.6 Å². The van der Waals surface area contributed by atoms with Crippen LogP contribution < -0.4 is 9.64 Å². The maximum absolute atomic E-state index is 12.6. The lowest BCUT2D eigenvalue weighted by Gasteiger charge is -2.13. The molecule has 1 fully saturated rings. The number of hydrogen-bond acceptors (Lipinski definition) is 4. The zero-order valence-corrected chi connectivity index (χ0v) is 14.7. The largest absolute Gasteiger partial charge is 0.490 e. The van der Waals surface area contributed by atoms with E-state index >= 15 is 0 Å². The third kappa shape index (κ3) is 3.78. The Balaban J connectivity index is 1.83. The number of rotatable bonds is 5. The Morgan fingerprint density at radius 2 is 1.84 bits per heavy atom. The summed E-state index contributed by atoms with van der Waals surface area (Å²) in [5, 5.41) is -0.00921. The summed E-state index contributed by atoms with van der Waals surface area (Å²) in [4.78, 5) is 26.3. The molecule has 1 aliphatic rings. The summed E-state index contributed by atoms with van der Waals surface area (Å²) >= 11 is 7.00. The lowest BCUT2D eigenvalue weighted by atomic mass is 10.2. The van der Waals surface area contributed by atoms with E-state index < -0.39 is 0 Å². The van der Waals surface area contributed by atoms with Crippen LogP contribution in [-0.2, 0) is 4.79 Å². The monoisotopic (exact) mass is 371 g/mol. The van der Waals surface area contributed by atoms with E-state index in [-0.39, 0.29) is 11.1 Å². The molecule has 0 bridgehead atoms. The Labute approximate surface area is 154 Å². The highest BCUT2D eigenvalue weighted by Crippen LogP contribution is 2.38. The number of imide groups is 1. The van der Waals surface area contributed by atoms with Crippen molar-refractivity contribution in [3.05, 3.63) is 76.7 Å². The number of carbonyl (C=O) groups is 2. The minimum absolute atomic E-state index is 0.352. The van der Waals surface area contributed by atoms with Crippen molar-refractivity contribution in [1.82, 2.24) is 0 Å². The van der Waals surface area contributed by atoms with Gasteiger partial charge in [0.15, 0.2) is 0 Å². The van der Waals surface area contributed by atoms with Crippen LogP contribution in [0.2, 0.25) is 5.02 Å². The summed E-state index contributed by atoms with van der Waals surface area (Å²) in [5.41, 5.74) is 1.19. The van der Waals surface area contributed by atoms with E-state index in [0.29, 0.717) is 28.0 Å². The van der Waals surface area contributed by atoms with E-state index in [1.807, 2.05) is 12.1 Å². The van der Waals surface area contributed by atoms with Gasteiger partial charge in [-0.3, -0.25) is 9.59 Å². The number of nitrogens with zero attached hydrogens (tertiary/aromatic N) is 1. The lowest BCUT2D eigenvalue weighted by Crippen LogP contribution is -2.27. The molecule has 2 amide bonds. The van der Waals surface area contributed by atoms with Crippen LogP contribution in [0.4, 0.5) is 10.5 Å². The number of thioether (sulfide) groups is 1. The SMILES string of the molecule is C=CCOc1ccc(/C=C2\SC(=O)N(c3ccccc3Cl)C2=O)cc1. The standard InChI is InChI=1S/C19H14ClNO3S/c1-2-11-24-14-9-7-13(8-10-14)12-17-18(22)21(19(23)25-17)16-6-4-3-5-15(16)20/h2-10,12H,1,11H2/b17-12-. The van der Waals surface area contributed by atoms with Crippen LogP contribution in [0.1, 0.15) is 5.56 Å². The molecular formula is C19H14ClNO3S. The van der Waals surface area contributed by atoms with Gasteiger partial charge >= 0.3 is 0 Å². The van der Waals surface area contributed by atoms with Crippen LogP contribution in [0, 0.1) is 0 Å². The Morgan fingerprint density at radius 1 is 1.12 bits per heavy atom. The number of amides is 2. The van der Waals surface area contributed by atoms with Gasteiger partial charge in [-0.1, -0.05) is 48.5 Å². The first-order valence-corrected chi connectivity index (χ1v) is 8.66. The predicted octanol–water partition coefficient (Wildman–Crippen LogP) is 5.15. The molecule has 25 heavy (non-hydrogen) atoms. The van der Waals surface area contributed by atoms with Gasteiger partial charge < -0.3 is 4.74 Å². The molecule has 4 nitrogen and oxygen atoms in total. The molecule has 0 spiro atoms. The van der Waals surface area contributed by atoms with Crippen LogP contribution in [0.15, 0.2) is 66.1 Å². The number of hydrogen-bond donors (Lipinski definition) is 0. The molecule has 6 heteroatoms. The van der Waals surface area contributed by atoms with E-state index in [1.54, 1.807) is 48.6 Å². The van der Waals surface area contributed by atoms with Gasteiger partial charge in [-0.2, -0.15) is 0 Å². The second-order valence-electron chi connectivity index (χ2n) is 5.14. The topological polar surface area (TPSA) is 46.6 Å². The molecule has 1 heterocycles. The molecule has 0 saturated carbocycles. The average Bonchev–Trinajstić information content (AvgIpc) is 2.89. The third-order valence-corrected chi connectivity index (χ3v) is 4.62. The molecule has 1 aliphatic heterocycles. The van der Waals surface area contributed by atoms with Gasteiger partial charge in [0.25, 0.3) is 11.1 Å². The molecular weight excluding hydrogens is 358 g/mol. The zero-order valence-electron chi connectivity index (χ0n) is 13.1. The smallest absolute Gasteiger partial charge is 0.298 e. The number of ether oxygens (including phenoxy) is 1. The van der Waals surface area contributed by atoms with Gasteiger partial charge in [-0.05, 0) is 47.7 Å². The van der Waals surface area contributed by atoms with Crippen molar-refractivity contribution >= 4 is 46.3 Å². The van der Waals surface area contributed by atoms with Crippen molar-refractivity contribution in [2.45, 2.75) is 0 Å². The van der Waals surface area contributed by atoms with Crippen molar-refractivity contribution < 1.29 is 14.3 Å². The van der Waals surface area contributed by atoms with Crippen LogP contribution in [0.5, 0.6) is 5.75 Å². The fraction of sp³-hybridized carbons (Fsp3) is 0.0526. The summed E-state index contributed by atoms with van der Waals surface area (Å²) in [6.07, 6.45) is 3.34. The maximum atomic E-state index is 12.6. The maximum Gasteiger partial charge on any atom is 0.298 e. The third-order valence-electron chi connectivity index (χ3n) is 3.43. The number of benzene rings is 2. The summed E-state index contributed by atoms with van der Waals surface area (Å²) < 4.78 is 5.42. The first-order chi connectivity index (χ1) is 12.1. The summed E-state index contributed by atoms with van der Waals surface area (Å²) in [7, 11) is 0. The molecule has 0 unspecified atom stereocenters. The Hall–Kier alpha value is -2.50. The van der Waals surface area contributed by atoms with E-state index in [1.165, 1.54) is 0 Å². The highest BCUT2D eigenvalue weighted by Gasteiger charge is 2.37. The number of halogens is 1. The summed E-state index contributed by atoms with van der Waals surface area (Å²) in [5.74, 6) is 0.330. The Bertz CT molecular complexity index is 861. The molecule has 2 aromatic carbocycles. The quantitative estimate of drug-likeness (QED) is 0.539. The molecule has 0 atom stereocenters. The average molecular weight is 372 g/mol. The first-order valence-electron chi connectivity index (χ1n) is 7.46. The second kappa shape index (κ2) is 7.59. The zero-order chi connectivity index (χ0) is 17.8. The molecule has 1 saturated heterocycles. The minimum Gasteiger partial charge on any atom is -0.490 e. The minimum atomic E-state index is -0.380. The lowest BCUT2D eigenvalue weighted by molar-refractivity contribution is -0.113. The highest BCUT2D eigenvalue weighted by atomic mass is 35.5. The van der Waals surface area contributed by atoms with E-state index in [0.717, 1.165) is 22.2 Å². The second-order valence-corrected chi connectivity index (χ2v) is 6.54.